The summed E-state index contributed by atoms with van der Waals surface area (Å²) in [6, 6.07) is 9.20. The number of phenolic OH excluding ortho intramolecular Hbond substituents is 1. The normalized spacial score (nSPS) is 17.7. The van der Waals surface area contributed by atoms with Crippen molar-refractivity contribution in [1.29, 1.82) is 0 Å². The molecule has 8 nitrogen and oxygen atoms in total. The van der Waals surface area contributed by atoms with Crippen LogP contribution in [-0.2, 0) is 9.47 Å². The van der Waals surface area contributed by atoms with Crippen molar-refractivity contribution in [3.05, 3.63) is 36.5 Å². The first kappa shape index (κ1) is 18.1. The number of pyridine rings is 1. The van der Waals surface area contributed by atoms with E-state index in [-0.39, 0.29) is 5.75 Å². The zero-order valence-corrected chi connectivity index (χ0v) is 16.1. The van der Waals surface area contributed by atoms with E-state index in [1.165, 1.54) is 0 Å². The first-order valence-electron chi connectivity index (χ1n) is 9.91. The molecule has 0 aliphatic carbocycles. The third-order valence-electron chi connectivity index (χ3n) is 5.39. The highest BCUT2D eigenvalue weighted by Crippen LogP contribution is 2.34. The van der Waals surface area contributed by atoms with Gasteiger partial charge in [0.15, 0.2) is 11.6 Å². The second-order valence-electron chi connectivity index (χ2n) is 7.21. The largest absolute Gasteiger partial charge is 0.508 e. The van der Waals surface area contributed by atoms with Crippen molar-refractivity contribution >= 4 is 22.4 Å². The second-order valence-corrected chi connectivity index (χ2v) is 7.21. The summed E-state index contributed by atoms with van der Waals surface area (Å²) in [7, 11) is 0. The summed E-state index contributed by atoms with van der Waals surface area (Å²) in [5.41, 5.74) is 1.66. The lowest BCUT2D eigenvalue weighted by molar-refractivity contribution is 0.122. The predicted octanol–water partition coefficient (Wildman–Crippen LogP) is 2.07. The van der Waals surface area contributed by atoms with E-state index >= 15 is 0 Å². The fraction of sp³-hybridized carbons (Fsp3) is 0.381. The van der Waals surface area contributed by atoms with Crippen LogP contribution >= 0.6 is 0 Å². The molecule has 3 aromatic rings. The number of nitrogens with zero attached hydrogens (tertiary/aromatic N) is 5. The molecule has 0 amide bonds. The van der Waals surface area contributed by atoms with Crippen LogP contribution < -0.4 is 9.80 Å². The van der Waals surface area contributed by atoms with Gasteiger partial charge in [-0.2, -0.15) is 0 Å². The molecule has 2 aliphatic heterocycles. The van der Waals surface area contributed by atoms with Crippen LogP contribution in [0.4, 0.5) is 11.6 Å². The van der Waals surface area contributed by atoms with Gasteiger partial charge in [-0.05, 0) is 18.2 Å². The van der Waals surface area contributed by atoms with E-state index in [4.69, 9.17) is 9.47 Å². The monoisotopic (exact) mass is 393 g/mol. The van der Waals surface area contributed by atoms with E-state index in [1.807, 2.05) is 24.4 Å². The van der Waals surface area contributed by atoms with Crippen LogP contribution in [0.5, 0.6) is 5.75 Å². The highest BCUT2D eigenvalue weighted by molar-refractivity contribution is 6.00. The van der Waals surface area contributed by atoms with E-state index in [9.17, 15) is 5.11 Å². The van der Waals surface area contributed by atoms with Crippen molar-refractivity contribution in [2.24, 2.45) is 0 Å². The zero-order valence-electron chi connectivity index (χ0n) is 16.1. The Kier molecular flexibility index (Phi) is 4.87. The molecule has 1 N–H and O–H groups in total. The molecule has 0 spiro atoms. The number of hydrogen-bond donors (Lipinski definition) is 1. The topological polar surface area (TPSA) is 83.8 Å². The number of hydrogen-bond acceptors (Lipinski definition) is 8. The van der Waals surface area contributed by atoms with Crippen LogP contribution in [0, 0.1) is 0 Å². The zero-order chi connectivity index (χ0) is 19.6. The molecule has 0 atom stereocenters. The highest BCUT2D eigenvalue weighted by atomic mass is 16.5. The van der Waals surface area contributed by atoms with Crippen LogP contribution in [0.25, 0.3) is 22.0 Å². The number of ether oxygens (including phenoxy) is 2. The molecule has 5 rings (SSSR count). The molecular formula is C21H23N5O3. The maximum absolute atomic E-state index is 9.87. The number of fused-ring (bicyclic) bond motifs is 1. The minimum absolute atomic E-state index is 0.222. The van der Waals surface area contributed by atoms with Gasteiger partial charge in [0.1, 0.15) is 5.75 Å². The van der Waals surface area contributed by atoms with Gasteiger partial charge in [-0.1, -0.05) is 12.1 Å². The molecule has 0 unspecified atom stereocenters. The van der Waals surface area contributed by atoms with Gasteiger partial charge in [-0.15, -0.1) is 10.2 Å². The molecule has 2 saturated heterocycles. The highest BCUT2D eigenvalue weighted by Gasteiger charge is 2.22. The van der Waals surface area contributed by atoms with E-state index in [1.54, 1.807) is 12.1 Å². The molecule has 150 valence electrons. The number of aromatic nitrogens is 3. The smallest absolute Gasteiger partial charge is 0.161 e. The molecule has 2 aliphatic rings. The van der Waals surface area contributed by atoms with Gasteiger partial charge >= 0.3 is 0 Å². The Morgan fingerprint density at radius 3 is 2.03 bits per heavy atom. The standard InChI is InChI=1S/C21H23N5O3/c27-16-3-1-2-15(12-16)19-13-17-18(14-22-19)21(26-6-10-29-11-7-26)24-23-20(17)25-4-8-28-9-5-25/h1-3,12-14,27H,4-11H2. The fourth-order valence-electron chi connectivity index (χ4n) is 3.86. The Hall–Kier alpha value is -2.97. The number of phenols is 1. The van der Waals surface area contributed by atoms with Crippen LogP contribution in [0.3, 0.4) is 0 Å². The van der Waals surface area contributed by atoms with Gasteiger partial charge in [0.2, 0.25) is 0 Å². The predicted molar refractivity (Wildman–Crippen MR) is 110 cm³/mol. The maximum Gasteiger partial charge on any atom is 0.161 e. The van der Waals surface area contributed by atoms with Gasteiger partial charge < -0.3 is 24.4 Å². The fourth-order valence-corrected chi connectivity index (χ4v) is 3.86. The maximum atomic E-state index is 9.87. The van der Waals surface area contributed by atoms with Crippen LogP contribution in [0.2, 0.25) is 0 Å². The number of benzene rings is 1. The molecule has 2 aromatic heterocycles. The van der Waals surface area contributed by atoms with Gasteiger partial charge in [-0.25, -0.2) is 0 Å². The summed E-state index contributed by atoms with van der Waals surface area (Å²) in [6.45, 7) is 5.86. The van der Waals surface area contributed by atoms with E-state index < -0.39 is 0 Å². The Bertz CT molecular complexity index is 1020. The third kappa shape index (κ3) is 3.56. The number of aromatic hydroxyl groups is 1. The van der Waals surface area contributed by atoms with Crippen molar-refractivity contribution in [2.45, 2.75) is 0 Å². The van der Waals surface area contributed by atoms with Crippen molar-refractivity contribution in [2.75, 3.05) is 62.4 Å². The van der Waals surface area contributed by atoms with Gasteiger partial charge in [-0.3, -0.25) is 4.98 Å². The first-order valence-corrected chi connectivity index (χ1v) is 9.91. The van der Waals surface area contributed by atoms with Crippen LogP contribution in [-0.4, -0.2) is 72.9 Å². The molecule has 4 heterocycles. The molecule has 8 heteroatoms. The number of rotatable bonds is 3. The van der Waals surface area contributed by atoms with Crippen molar-refractivity contribution in [3.63, 3.8) is 0 Å². The molecule has 0 radical (unpaired) electrons. The van der Waals surface area contributed by atoms with Gasteiger partial charge in [0.25, 0.3) is 0 Å². The van der Waals surface area contributed by atoms with E-state index in [0.717, 1.165) is 59.8 Å². The minimum Gasteiger partial charge on any atom is -0.508 e. The molecule has 1 aromatic carbocycles. The molecular weight excluding hydrogens is 370 g/mol. The average Bonchev–Trinajstić information content (AvgIpc) is 2.79. The molecule has 0 saturated carbocycles. The van der Waals surface area contributed by atoms with E-state index in [2.05, 4.69) is 25.0 Å². The van der Waals surface area contributed by atoms with Crippen LogP contribution in [0.1, 0.15) is 0 Å². The second kappa shape index (κ2) is 7.81. The summed E-state index contributed by atoms with van der Waals surface area (Å²) < 4.78 is 11.0. The Morgan fingerprint density at radius 2 is 1.41 bits per heavy atom. The molecule has 29 heavy (non-hydrogen) atoms. The number of anilines is 2. The lowest BCUT2D eigenvalue weighted by Crippen LogP contribution is -2.38. The minimum atomic E-state index is 0.222. The third-order valence-corrected chi connectivity index (χ3v) is 5.39. The lowest BCUT2D eigenvalue weighted by Gasteiger charge is -2.31. The lowest BCUT2D eigenvalue weighted by atomic mass is 10.1. The molecule has 2 fully saturated rings. The summed E-state index contributed by atoms with van der Waals surface area (Å²) in [4.78, 5) is 9.10. The van der Waals surface area contributed by atoms with Gasteiger partial charge in [0, 0.05) is 48.7 Å². The SMILES string of the molecule is Oc1cccc(-c2cc3c(N4CCOCC4)nnc(N4CCOCC4)c3cn2)c1. The summed E-state index contributed by atoms with van der Waals surface area (Å²) in [5, 5.41) is 21.1. The van der Waals surface area contributed by atoms with E-state index in [0.29, 0.717) is 26.4 Å². The summed E-state index contributed by atoms with van der Waals surface area (Å²) in [5.74, 6) is 1.92. The quantitative estimate of drug-likeness (QED) is 0.724. The van der Waals surface area contributed by atoms with Crippen molar-refractivity contribution in [3.8, 4) is 17.0 Å². The average molecular weight is 393 g/mol. The Labute approximate surface area is 168 Å². The van der Waals surface area contributed by atoms with Crippen LogP contribution in [0.15, 0.2) is 36.5 Å². The van der Waals surface area contributed by atoms with Crippen molar-refractivity contribution < 1.29 is 14.6 Å². The van der Waals surface area contributed by atoms with Gasteiger partial charge in [0.05, 0.1) is 32.1 Å². The van der Waals surface area contributed by atoms with Crippen molar-refractivity contribution in [1.82, 2.24) is 15.2 Å². The number of morpholine rings is 2. The first-order chi connectivity index (χ1) is 14.3. The molecule has 0 bridgehead atoms. The summed E-state index contributed by atoms with van der Waals surface area (Å²) in [6.07, 6.45) is 1.87. The Balaban J connectivity index is 1.65. The summed E-state index contributed by atoms with van der Waals surface area (Å²) >= 11 is 0. The Morgan fingerprint density at radius 1 is 0.793 bits per heavy atom.